The number of nitriles is 1. The molecule has 1 N–H and O–H groups in total. The number of allylic oxidation sites excluding steroid dienone is 1. The van der Waals surface area contributed by atoms with E-state index in [9.17, 15) is 28.1 Å². The molecule has 0 saturated carbocycles. The Hall–Kier alpha value is -5.48. The van der Waals surface area contributed by atoms with Gasteiger partial charge in [-0.1, -0.05) is 135 Å². The second-order valence-corrected chi connectivity index (χ2v) is 22.5. The number of rotatable bonds is 23. The van der Waals surface area contributed by atoms with E-state index in [2.05, 4.69) is 52.9 Å². The number of ether oxygens (including phenoxy) is 1. The second kappa shape index (κ2) is 24.4. The number of ketones is 1. The molecule has 0 aliphatic heterocycles. The van der Waals surface area contributed by atoms with Crippen LogP contribution in [0.1, 0.15) is 152 Å². The number of nitrogens with one attached hydrogen (secondary N) is 1. The fourth-order valence-electron chi connectivity index (χ4n) is 8.64. The summed E-state index contributed by atoms with van der Waals surface area (Å²) in [6, 6.07) is 23.0. The normalized spacial score (nSPS) is 12.7. The number of oxazole rings is 1. The molecule has 0 saturated heterocycles. The summed E-state index contributed by atoms with van der Waals surface area (Å²) in [5.41, 5.74) is 4.39. The average Bonchev–Trinajstić information content (AvgIpc) is 3.72. The van der Waals surface area contributed by atoms with Crippen molar-refractivity contribution in [2.75, 3.05) is 22.5 Å². The van der Waals surface area contributed by atoms with Crippen molar-refractivity contribution in [2.24, 2.45) is 5.41 Å². The van der Waals surface area contributed by atoms with Gasteiger partial charge in [-0.15, -0.1) is 0 Å². The number of benzene rings is 4. The maximum absolute atomic E-state index is 14.0. The number of aromatic nitrogens is 1. The lowest BCUT2D eigenvalue weighted by molar-refractivity contribution is -0.122. The zero-order chi connectivity index (χ0) is 50.5. The number of halogens is 2. The van der Waals surface area contributed by atoms with E-state index >= 15 is 0 Å². The first-order valence-electron chi connectivity index (χ1n) is 23.9. The lowest BCUT2D eigenvalue weighted by Gasteiger charge is -2.32. The minimum Gasteiger partial charge on any atom is -0.435 e. The zero-order valence-corrected chi connectivity index (χ0v) is 43.5. The molecule has 69 heavy (non-hydrogen) atoms. The molecule has 0 aliphatic rings. The van der Waals surface area contributed by atoms with E-state index in [0.717, 1.165) is 37.7 Å². The minimum atomic E-state index is -3.66. The Balaban J connectivity index is 1.30. The van der Waals surface area contributed by atoms with Crippen LogP contribution in [0.4, 0.5) is 16.2 Å². The van der Waals surface area contributed by atoms with Gasteiger partial charge in [0.2, 0.25) is 17.8 Å². The molecule has 5 aromatic rings. The Morgan fingerprint density at radius 1 is 0.855 bits per heavy atom. The lowest BCUT2D eigenvalue weighted by Crippen LogP contribution is -2.43. The summed E-state index contributed by atoms with van der Waals surface area (Å²) in [5, 5.41) is 13.1. The first-order valence-corrected chi connectivity index (χ1v) is 26.3. The molecule has 14 heteroatoms. The predicted molar refractivity (Wildman–Crippen MR) is 279 cm³/mol. The van der Waals surface area contributed by atoms with Crippen molar-refractivity contribution in [3.63, 3.8) is 0 Å². The minimum absolute atomic E-state index is 0.0110. The van der Waals surface area contributed by atoms with Crippen LogP contribution in [0.3, 0.4) is 0 Å². The van der Waals surface area contributed by atoms with Crippen molar-refractivity contribution >= 4 is 84.9 Å². The Labute approximate surface area is 418 Å². The van der Waals surface area contributed by atoms with Gasteiger partial charge in [0.1, 0.15) is 17.2 Å². The Kier molecular flexibility index (Phi) is 19.2. The molecule has 0 spiro atoms. The van der Waals surface area contributed by atoms with Gasteiger partial charge >= 0.3 is 6.09 Å². The van der Waals surface area contributed by atoms with Crippen LogP contribution in [-0.2, 0) is 24.8 Å². The van der Waals surface area contributed by atoms with E-state index in [-0.39, 0.29) is 55.8 Å². The van der Waals surface area contributed by atoms with Gasteiger partial charge in [-0.05, 0) is 127 Å². The molecule has 5 rings (SSSR count). The Morgan fingerprint density at radius 3 is 2.10 bits per heavy atom. The largest absolute Gasteiger partial charge is 0.435 e. The van der Waals surface area contributed by atoms with Crippen molar-refractivity contribution < 1.29 is 32.0 Å². The van der Waals surface area contributed by atoms with Crippen LogP contribution < -0.4 is 10.2 Å². The number of carbonyl (C=O) groups excluding carboxylic acids is 3. The molecule has 0 fully saturated rings. The molecule has 4 aromatic carbocycles. The highest BCUT2D eigenvalue weighted by Crippen LogP contribution is 2.38. The first-order chi connectivity index (χ1) is 32.7. The fraction of sp³-hybridized carbons (Fsp3) is 0.436. The van der Waals surface area contributed by atoms with Crippen LogP contribution in [0.2, 0.25) is 10.0 Å². The maximum Gasteiger partial charge on any atom is 0.415 e. The number of Topliss-reactive ketones (excluding diaryl/α,β-unsaturated/α-hetero) is 1. The smallest absolute Gasteiger partial charge is 0.415 e. The summed E-state index contributed by atoms with van der Waals surface area (Å²) in [6.45, 7) is 16.9. The molecular formula is C55H66Cl2N4O7S. The van der Waals surface area contributed by atoms with Crippen LogP contribution in [0.25, 0.3) is 22.7 Å². The number of aryl methyl sites for hydroxylation is 1. The van der Waals surface area contributed by atoms with Crippen LogP contribution >= 0.6 is 23.2 Å². The van der Waals surface area contributed by atoms with Gasteiger partial charge in [0.05, 0.1) is 21.4 Å². The van der Waals surface area contributed by atoms with Crippen LogP contribution in [0.5, 0.6) is 0 Å². The second-order valence-electron chi connectivity index (χ2n) is 19.5. The molecule has 0 radical (unpaired) electrons. The molecule has 1 atom stereocenters. The third-order valence-corrected chi connectivity index (χ3v) is 14.4. The molecule has 11 nitrogen and oxygen atoms in total. The highest BCUT2D eigenvalue weighted by Gasteiger charge is 2.34. The number of unbranched alkanes of at least 4 members (excludes halogenated alkanes) is 9. The summed E-state index contributed by atoms with van der Waals surface area (Å²) in [7, 11) is -3.66. The van der Waals surface area contributed by atoms with Gasteiger partial charge in [0.15, 0.2) is 15.4 Å². The highest BCUT2D eigenvalue weighted by atomic mass is 35.5. The van der Waals surface area contributed by atoms with Crippen molar-refractivity contribution in [3.8, 4) is 6.07 Å². The topological polar surface area (TPSA) is 160 Å². The monoisotopic (exact) mass is 996 g/mol. The summed E-state index contributed by atoms with van der Waals surface area (Å²) >= 11 is 12.6. The van der Waals surface area contributed by atoms with E-state index in [0.29, 0.717) is 39.4 Å². The molecule has 1 unspecified atom stereocenters. The number of fused-ring (bicyclic) bond motifs is 1. The summed E-state index contributed by atoms with van der Waals surface area (Å²) < 4.78 is 38.2. The van der Waals surface area contributed by atoms with E-state index in [1.807, 2.05) is 25.1 Å². The van der Waals surface area contributed by atoms with Crippen molar-refractivity contribution in [3.05, 3.63) is 117 Å². The highest BCUT2D eigenvalue weighted by molar-refractivity contribution is 7.91. The number of anilines is 2. The van der Waals surface area contributed by atoms with Gasteiger partial charge in [0, 0.05) is 22.8 Å². The van der Waals surface area contributed by atoms with Gasteiger partial charge in [0.25, 0.3) is 5.91 Å². The first kappa shape index (κ1) is 54.5. The average molecular weight is 998 g/mol. The van der Waals surface area contributed by atoms with Crippen molar-refractivity contribution in [2.45, 2.75) is 142 Å². The van der Waals surface area contributed by atoms with Gasteiger partial charge in [-0.3, -0.25) is 14.5 Å². The van der Waals surface area contributed by atoms with Crippen molar-refractivity contribution in [1.82, 2.24) is 4.98 Å². The third kappa shape index (κ3) is 15.3. The Morgan fingerprint density at radius 2 is 1.51 bits per heavy atom. The molecule has 0 bridgehead atoms. The number of hydrogen-bond acceptors (Lipinski definition) is 9. The van der Waals surface area contributed by atoms with Gasteiger partial charge in [-0.2, -0.15) is 5.26 Å². The summed E-state index contributed by atoms with van der Waals surface area (Å²) in [5.74, 6) is -1.70. The molecule has 1 heterocycles. The summed E-state index contributed by atoms with van der Waals surface area (Å²) in [6.07, 6.45) is 10.4. The molecular weight excluding hydrogens is 932 g/mol. The number of carbonyl (C=O) groups is 3. The van der Waals surface area contributed by atoms with E-state index in [1.165, 1.54) is 79.5 Å². The predicted octanol–water partition coefficient (Wildman–Crippen LogP) is 14.8. The van der Waals surface area contributed by atoms with Crippen LogP contribution in [-0.4, -0.2) is 49.6 Å². The van der Waals surface area contributed by atoms with Gasteiger partial charge < -0.3 is 14.5 Å². The fourth-order valence-corrected chi connectivity index (χ4v) is 10.4. The SMILES string of the molecule is CCCCCCCCCCCCS(=O)(=O)c1ccc(NC(=O)C(OC(=O)N(CC)c2ccc(C=C(C#N)c3nc4cc(C(C)(C)CC(C)(C)C)ccc4o3)c(C)c2)C(=O)c2ccc(Cl)cc2)c(Cl)c1. The van der Waals surface area contributed by atoms with Crippen molar-refractivity contribution in [1.29, 1.82) is 5.26 Å². The molecule has 1 aromatic heterocycles. The zero-order valence-electron chi connectivity index (χ0n) is 41.2. The van der Waals surface area contributed by atoms with E-state index < -0.39 is 33.7 Å². The van der Waals surface area contributed by atoms with Crippen LogP contribution in [0, 0.1) is 23.7 Å². The Bertz CT molecular complexity index is 2790. The van der Waals surface area contributed by atoms with Crippen LogP contribution in [0.15, 0.2) is 88.2 Å². The van der Waals surface area contributed by atoms with E-state index in [4.69, 9.17) is 37.3 Å². The third-order valence-electron chi connectivity index (χ3n) is 12.0. The lowest BCUT2D eigenvalue weighted by atomic mass is 9.72. The quantitative estimate of drug-likeness (QED) is 0.0291. The molecule has 368 valence electrons. The number of hydrogen-bond donors (Lipinski definition) is 1. The maximum atomic E-state index is 14.0. The van der Waals surface area contributed by atoms with Gasteiger partial charge in [-0.25, -0.2) is 18.2 Å². The standard InChI is InChI=1S/C55H66Cl2N4O7S/c1-9-11-12-13-14-15-16-17-18-19-30-69(65,66)44-27-28-46(45(57)34-44)59-51(63)50(49(62)38-20-24-42(56)25-21-38)68-53(64)61(10-2)43-26-22-39(37(3)31-43)32-40(35-58)52-60-47-33-41(23-29-48(47)67-52)55(7,8)36-54(4,5)6/h20-29,31-34,50H,9-19,30,36H2,1-8H3,(H,59,63). The number of nitrogens with zero attached hydrogens (tertiary/aromatic N) is 3. The number of sulfone groups is 1. The number of amides is 2. The summed E-state index contributed by atoms with van der Waals surface area (Å²) in [4.78, 5) is 47.9. The molecule has 2 amide bonds. The molecule has 0 aliphatic carbocycles. The van der Waals surface area contributed by atoms with E-state index in [1.54, 1.807) is 31.2 Å².